The summed E-state index contributed by atoms with van der Waals surface area (Å²) < 4.78 is 43.8. The number of aryl methyl sites for hydroxylation is 1. The standard InChI is InChI=1S/C31H32FN2O5/c1-21-6-4-7-23(31(21)36-3)22-8-9-28(25(32)18-22)39-27-10-11-33-26-20-30(29(35-2)19-24(26)27)38-15-5-12-34-13-16-37-17-14-34/h4,7-11,18-20H,5,12-17H2,1-3H3. The molecule has 1 saturated heterocycles. The molecule has 1 aromatic heterocycles. The molecule has 0 saturated carbocycles. The van der Waals surface area contributed by atoms with Gasteiger partial charge in [0.2, 0.25) is 0 Å². The van der Waals surface area contributed by atoms with Crippen molar-refractivity contribution in [2.45, 2.75) is 13.3 Å². The van der Waals surface area contributed by atoms with Crippen LogP contribution in [0.1, 0.15) is 12.0 Å². The smallest absolute Gasteiger partial charge is 0.166 e. The zero-order valence-corrected chi connectivity index (χ0v) is 22.5. The molecule has 0 atom stereocenters. The molecule has 8 heteroatoms. The Morgan fingerprint density at radius 2 is 1.82 bits per heavy atom. The van der Waals surface area contributed by atoms with Crippen molar-refractivity contribution in [3.8, 4) is 39.9 Å². The third kappa shape index (κ3) is 6.08. The third-order valence-corrected chi connectivity index (χ3v) is 6.77. The fraction of sp³-hybridized carbons (Fsp3) is 0.323. The number of pyridine rings is 1. The molecule has 1 fully saturated rings. The molecular weight excluding hydrogens is 499 g/mol. The van der Waals surface area contributed by atoms with Gasteiger partial charge in [-0.1, -0.05) is 18.2 Å². The first-order valence-corrected chi connectivity index (χ1v) is 13.0. The van der Waals surface area contributed by atoms with Crippen molar-refractivity contribution in [2.75, 3.05) is 53.7 Å². The molecule has 3 aromatic carbocycles. The van der Waals surface area contributed by atoms with Crippen molar-refractivity contribution < 1.29 is 28.1 Å². The Labute approximate surface area is 228 Å². The van der Waals surface area contributed by atoms with E-state index < -0.39 is 5.82 Å². The van der Waals surface area contributed by atoms with Crippen LogP contribution in [0.2, 0.25) is 0 Å². The van der Waals surface area contributed by atoms with Crippen LogP contribution in [0, 0.1) is 18.8 Å². The van der Waals surface area contributed by atoms with Gasteiger partial charge in [-0.05, 0) is 54.8 Å². The molecule has 1 aliphatic heterocycles. The van der Waals surface area contributed by atoms with Crippen LogP contribution in [0.25, 0.3) is 22.0 Å². The Balaban J connectivity index is 1.34. The second-order valence-corrected chi connectivity index (χ2v) is 9.28. The normalized spacial score (nSPS) is 13.8. The number of morpholine rings is 1. The molecule has 203 valence electrons. The van der Waals surface area contributed by atoms with Gasteiger partial charge >= 0.3 is 0 Å². The van der Waals surface area contributed by atoms with Crippen LogP contribution < -0.4 is 18.9 Å². The number of benzene rings is 3. The fourth-order valence-electron chi connectivity index (χ4n) is 4.74. The highest BCUT2D eigenvalue weighted by molar-refractivity contribution is 5.88. The maximum absolute atomic E-state index is 15.2. The third-order valence-electron chi connectivity index (χ3n) is 6.77. The first-order chi connectivity index (χ1) is 19.1. The highest BCUT2D eigenvalue weighted by atomic mass is 19.1. The molecule has 0 spiro atoms. The van der Waals surface area contributed by atoms with Crippen LogP contribution >= 0.6 is 0 Å². The lowest BCUT2D eigenvalue weighted by Crippen LogP contribution is -2.37. The van der Waals surface area contributed by atoms with Gasteiger partial charge in [0.25, 0.3) is 0 Å². The zero-order chi connectivity index (χ0) is 27.2. The zero-order valence-electron chi connectivity index (χ0n) is 22.5. The highest BCUT2D eigenvalue weighted by Crippen LogP contribution is 2.39. The van der Waals surface area contributed by atoms with E-state index in [1.165, 1.54) is 6.07 Å². The number of nitrogens with zero attached hydrogens (tertiary/aromatic N) is 2. The summed E-state index contributed by atoms with van der Waals surface area (Å²) in [4.78, 5) is 6.85. The van der Waals surface area contributed by atoms with Gasteiger partial charge in [-0.15, -0.1) is 0 Å². The van der Waals surface area contributed by atoms with Crippen LogP contribution in [0.5, 0.6) is 28.7 Å². The average Bonchev–Trinajstić information content (AvgIpc) is 2.96. The van der Waals surface area contributed by atoms with Crippen molar-refractivity contribution in [3.05, 3.63) is 72.2 Å². The number of hydrogen-bond acceptors (Lipinski definition) is 7. The predicted octanol–water partition coefficient (Wildman–Crippen LogP) is 6.06. The molecule has 1 radical (unpaired) electrons. The quantitative estimate of drug-likeness (QED) is 0.231. The van der Waals surface area contributed by atoms with Gasteiger partial charge in [0.05, 0.1) is 39.6 Å². The van der Waals surface area contributed by atoms with E-state index >= 15 is 4.39 Å². The summed E-state index contributed by atoms with van der Waals surface area (Å²) in [5.74, 6) is 1.91. The van der Waals surface area contributed by atoms with Gasteiger partial charge in [-0.2, -0.15) is 0 Å². The summed E-state index contributed by atoms with van der Waals surface area (Å²) in [6.07, 6.45) is 2.52. The van der Waals surface area contributed by atoms with E-state index in [-0.39, 0.29) is 5.75 Å². The summed E-state index contributed by atoms with van der Waals surface area (Å²) >= 11 is 0. The molecule has 0 N–H and O–H groups in total. The first kappa shape index (κ1) is 26.7. The van der Waals surface area contributed by atoms with Crippen molar-refractivity contribution in [1.29, 1.82) is 0 Å². The Morgan fingerprint density at radius 3 is 2.59 bits per heavy atom. The number of aromatic nitrogens is 1. The Morgan fingerprint density at radius 1 is 0.974 bits per heavy atom. The van der Waals surface area contributed by atoms with Gasteiger partial charge in [0.1, 0.15) is 11.5 Å². The molecule has 7 nitrogen and oxygen atoms in total. The Hall–Kier alpha value is -3.88. The van der Waals surface area contributed by atoms with Gasteiger partial charge < -0.3 is 23.7 Å². The maximum Gasteiger partial charge on any atom is 0.166 e. The second-order valence-electron chi connectivity index (χ2n) is 9.28. The lowest BCUT2D eigenvalue weighted by atomic mass is 10.0. The number of ether oxygens (including phenoxy) is 5. The van der Waals surface area contributed by atoms with Crippen molar-refractivity contribution in [3.63, 3.8) is 0 Å². The number of rotatable bonds is 10. The van der Waals surface area contributed by atoms with E-state index in [1.54, 1.807) is 38.6 Å². The number of methoxy groups -OCH3 is 2. The van der Waals surface area contributed by atoms with Gasteiger partial charge in [0, 0.05) is 42.8 Å². The summed E-state index contributed by atoms with van der Waals surface area (Å²) in [6.45, 7) is 6.88. The molecule has 0 amide bonds. The Bertz CT molecular complexity index is 1440. The van der Waals surface area contributed by atoms with Crippen LogP contribution in [-0.4, -0.2) is 63.6 Å². The molecule has 0 aliphatic carbocycles. The largest absolute Gasteiger partial charge is 0.496 e. The topological polar surface area (TPSA) is 62.3 Å². The maximum atomic E-state index is 15.2. The minimum Gasteiger partial charge on any atom is -0.496 e. The van der Waals surface area contributed by atoms with Crippen molar-refractivity contribution in [2.24, 2.45) is 0 Å². The van der Waals surface area contributed by atoms with E-state index in [2.05, 4.69) is 16.0 Å². The molecule has 4 aromatic rings. The van der Waals surface area contributed by atoms with E-state index in [9.17, 15) is 0 Å². The van der Waals surface area contributed by atoms with E-state index in [4.69, 9.17) is 23.7 Å². The molecule has 0 bridgehead atoms. The summed E-state index contributed by atoms with van der Waals surface area (Å²) in [5, 5.41) is 0.689. The van der Waals surface area contributed by atoms with E-state index in [1.807, 2.05) is 31.2 Å². The Kier molecular flexibility index (Phi) is 8.44. The van der Waals surface area contributed by atoms with Gasteiger partial charge in [0.15, 0.2) is 23.1 Å². The second kappa shape index (κ2) is 12.3. The number of hydrogen-bond donors (Lipinski definition) is 0. The molecule has 1 aliphatic rings. The molecule has 5 rings (SSSR count). The molecule has 2 heterocycles. The minimum absolute atomic E-state index is 0.104. The fourth-order valence-corrected chi connectivity index (χ4v) is 4.74. The van der Waals surface area contributed by atoms with E-state index in [0.717, 1.165) is 50.4 Å². The number of fused-ring (bicyclic) bond motifs is 1. The van der Waals surface area contributed by atoms with E-state index in [0.29, 0.717) is 46.1 Å². The highest BCUT2D eigenvalue weighted by Gasteiger charge is 2.16. The van der Waals surface area contributed by atoms with Crippen LogP contribution in [-0.2, 0) is 4.74 Å². The van der Waals surface area contributed by atoms with Crippen molar-refractivity contribution >= 4 is 10.9 Å². The molecule has 39 heavy (non-hydrogen) atoms. The SMILES string of the molecule is COc1cc2c(Oc3ccc(-c4cc[c]c(C)c4OC)cc3F)ccnc2cc1OCCCN1CCOCC1. The monoisotopic (exact) mass is 531 g/mol. The lowest BCUT2D eigenvalue weighted by Gasteiger charge is -2.26. The van der Waals surface area contributed by atoms with Crippen LogP contribution in [0.4, 0.5) is 4.39 Å². The minimum atomic E-state index is -0.489. The lowest BCUT2D eigenvalue weighted by molar-refractivity contribution is 0.0357. The average molecular weight is 532 g/mol. The van der Waals surface area contributed by atoms with Crippen LogP contribution in [0.15, 0.2) is 54.7 Å². The summed E-state index contributed by atoms with van der Waals surface area (Å²) in [6, 6.07) is 17.0. The van der Waals surface area contributed by atoms with Gasteiger partial charge in [-0.25, -0.2) is 4.39 Å². The van der Waals surface area contributed by atoms with Gasteiger partial charge in [-0.3, -0.25) is 9.88 Å². The summed E-state index contributed by atoms with van der Waals surface area (Å²) in [7, 11) is 3.19. The predicted molar refractivity (Wildman–Crippen MR) is 148 cm³/mol. The van der Waals surface area contributed by atoms with Crippen LogP contribution in [0.3, 0.4) is 0 Å². The van der Waals surface area contributed by atoms with Crippen molar-refractivity contribution in [1.82, 2.24) is 9.88 Å². The first-order valence-electron chi connectivity index (χ1n) is 13.0. The molecule has 0 unspecified atom stereocenters. The molecular formula is C31H32FN2O5. The number of halogens is 1. The summed E-state index contributed by atoms with van der Waals surface area (Å²) in [5.41, 5.74) is 2.99.